The number of ether oxygens (including phenoxy) is 1. The summed E-state index contributed by atoms with van der Waals surface area (Å²) in [5.74, 6) is -0.710. The Bertz CT molecular complexity index is 1200. The van der Waals surface area contributed by atoms with Crippen molar-refractivity contribution in [1.82, 2.24) is 10.3 Å². The number of aromatic nitrogens is 1. The summed E-state index contributed by atoms with van der Waals surface area (Å²) in [6.45, 7) is 0.978. The average molecular weight is 466 g/mol. The highest BCUT2D eigenvalue weighted by Gasteiger charge is 2.34. The summed E-state index contributed by atoms with van der Waals surface area (Å²) in [6.07, 6.45) is -4.09. The SMILES string of the molecule is COc1cc(C[C@H](N)CNC2=NCC(c3ccc4[nH]c(=O)oc4c3)S2)ccc1C(F)(F)F. The number of aromatic amines is 1. The summed E-state index contributed by atoms with van der Waals surface area (Å²) >= 11 is 1.55. The molecule has 7 nitrogen and oxygen atoms in total. The van der Waals surface area contributed by atoms with Crippen molar-refractivity contribution in [3.8, 4) is 5.75 Å². The number of nitrogens with two attached hydrogens (primary N) is 1. The number of H-pyrrole nitrogens is 1. The van der Waals surface area contributed by atoms with Crippen molar-refractivity contribution in [1.29, 1.82) is 0 Å². The summed E-state index contributed by atoms with van der Waals surface area (Å²) in [5.41, 5.74) is 8.16. The van der Waals surface area contributed by atoms with E-state index in [0.29, 0.717) is 36.2 Å². The van der Waals surface area contributed by atoms with Gasteiger partial charge in [-0.05, 0) is 41.8 Å². The minimum atomic E-state index is -4.47. The van der Waals surface area contributed by atoms with Crippen LogP contribution in [0.3, 0.4) is 0 Å². The molecular formula is C21H21F3N4O3S. The van der Waals surface area contributed by atoms with Crippen LogP contribution in [-0.2, 0) is 12.6 Å². The van der Waals surface area contributed by atoms with Crippen molar-refractivity contribution in [2.45, 2.75) is 23.9 Å². The Balaban J connectivity index is 1.31. The number of alkyl halides is 3. The number of hydrogen-bond acceptors (Lipinski definition) is 7. The Morgan fingerprint density at radius 3 is 2.91 bits per heavy atom. The molecule has 2 atom stereocenters. The molecule has 0 fully saturated rings. The Morgan fingerprint density at radius 1 is 1.34 bits per heavy atom. The molecule has 2 aromatic carbocycles. The molecule has 0 saturated carbocycles. The molecular weight excluding hydrogens is 445 g/mol. The van der Waals surface area contributed by atoms with Gasteiger partial charge in [0.2, 0.25) is 0 Å². The van der Waals surface area contributed by atoms with E-state index >= 15 is 0 Å². The van der Waals surface area contributed by atoms with Gasteiger partial charge in [-0.3, -0.25) is 9.98 Å². The first-order chi connectivity index (χ1) is 15.2. The predicted octanol–water partition coefficient (Wildman–Crippen LogP) is 3.45. The van der Waals surface area contributed by atoms with Gasteiger partial charge in [0.05, 0.1) is 30.0 Å². The smallest absolute Gasteiger partial charge is 0.419 e. The Morgan fingerprint density at radius 2 is 2.16 bits per heavy atom. The van der Waals surface area contributed by atoms with E-state index in [4.69, 9.17) is 14.9 Å². The summed E-state index contributed by atoms with van der Waals surface area (Å²) in [5, 5.41) is 4.03. The molecule has 0 spiro atoms. The van der Waals surface area contributed by atoms with Crippen molar-refractivity contribution in [3.63, 3.8) is 0 Å². The molecule has 3 aromatic rings. The second-order valence-electron chi connectivity index (χ2n) is 7.40. The van der Waals surface area contributed by atoms with E-state index in [2.05, 4.69) is 15.3 Å². The van der Waals surface area contributed by atoms with Gasteiger partial charge in [0.25, 0.3) is 0 Å². The van der Waals surface area contributed by atoms with Crippen molar-refractivity contribution < 1.29 is 22.3 Å². The first-order valence-electron chi connectivity index (χ1n) is 9.80. The third-order valence-corrected chi connectivity index (χ3v) is 6.26. The second kappa shape index (κ2) is 8.91. The molecule has 11 heteroatoms. The number of halogens is 3. The van der Waals surface area contributed by atoms with Gasteiger partial charge in [-0.1, -0.05) is 23.9 Å². The number of nitrogens with one attached hydrogen (secondary N) is 2. The van der Waals surface area contributed by atoms with Crippen LogP contribution in [0.25, 0.3) is 11.1 Å². The molecule has 0 bridgehead atoms. The monoisotopic (exact) mass is 466 g/mol. The zero-order valence-electron chi connectivity index (χ0n) is 17.0. The van der Waals surface area contributed by atoms with E-state index in [9.17, 15) is 18.0 Å². The normalized spacial score (nSPS) is 17.4. The van der Waals surface area contributed by atoms with Crippen molar-refractivity contribution >= 4 is 28.0 Å². The van der Waals surface area contributed by atoms with Crippen LogP contribution in [0.2, 0.25) is 0 Å². The van der Waals surface area contributed by atoms with Crippen LogP contribution in [0, 0.1) is 0 Å². The number of amidine groups is 1. The van der Waals surface area contributed by atoms with Crippen LogP contribution < -0.4 is 21.5 Å². The zero-order valence-corrected chi connectivity index (χ0v) is 17.8. The Hall–Kier alpha value is -2.92. The van der Waals surface area contributed by atoms with Crippen LogP contribution in [0.5, 0.6) is 5.75 Å². The zero-order chi connectivity index (χ0) is 22.9. The van der Waals surface area contributed by atoms with Gasteiger partial charge in [-0.25, -0.2) is 4.79 Å². The van der Waals surface area contributed by atoms with Gasteiger partial charge in [0.1, 0.15) is 5.75 Å². The van der Waals surface area contributed by atoms with E-state index in [1.54, 1.807) is 17.8 Å². The Labute approximate surface area is 185 Å². The standard InChI is InChI=1S/C21H21F3N4O3S/c1-30-16-7-11(2-4-14(16)21(22,23)24)6-13(25)9-26-19-27-10-18(32-19)12-3-5-15-17(8-12)31-20(29)28-15/h2-5,7-8,13,18H,6,9-10,25H2,1H3,(H,26,27)(H,28,29)/t13-,18?/m0/s1. The fourth-order valence-corrected chi connectivity index (χ4v) is 4.52. The minimum absolute atomic E-state index is 0.0810. The summed E-state index contributed by atoms with van der Waals surface area (Å²) < 4.78 is 49.0. The maximum absolute atomic E-state index is 13.0. The molecule has 0 radical (unpaired) electrons. The molecule has 32 heavy (non-hydrogen) atoms. The van der Waals surface area contributed by atoms with Crippen molar-refractivity contribution in [2.75, 3.05) is 20.2 Å². The number of aliphatic imine (C=N–C) groups is 1. The second-order valence-corrected chi connectivity index (χ2v) is 8.59. The molecule has 1 aromatic heterocycles. The van der Waals surface area contributed by atoms with Gasteiger partial charge in [-0.2, -0.15) is 13.2 Å². The highest BCUT2D eigenvalue weighted by atomic mass is 32.2. The Kier molecular flexibility index (Phi) is 6.20. The van der Waals surface area contributed by atoms with Crippen LogP contribution in [0.1, 0.15) is 21.9 Å². The van der Waals surface area contributed by atoms with Crippen LogP contribution in [-0.4, -0.2) is 36.4 Å². The molecule has 1 unspecified atom stereocenters. The number of oxazole rings is 1. The first kappa shape index (κ1) is 22.3. The largest absolute Gasteiger partial charge is 0.496 e. The molecule has 4 rings (SSSR count). The molecule has 0 amide bonds. The van der Waals surface area contributed by atoms with Gasteiger partial charge >= 0.3 is 11.9 Å². The highest BCUT2D eigenvalue weighted by molar-refractivity contribution is 8.14. The van der Waals surface area contributed by atoms with Gasteiger partial charge in [0, 0.05) is 12.6 Å². The maximum Gasteiger partial charge on any atom is 0.419 e. The van der Waals surface area contributed by atoms with E-state index < -0.39 is 17.5 Å². The van der Waals surface area contributed by atoms with Crippen LogP contribution in [0.4, 0.5) is 13.2 Å². The van der Waals surface area contributed by atoms with E-state index in [0.717, 1.165) is 16.8 Å². The number of fused-ring (bicyclic) bond motifs is 1. The maximum atomic E-state index is 13.0. The van der Waals surface area contributed by atoms with Crippen molar-refractivity contribution in [3.05, 3.63) is 63.6 Å². The minimum Gasteiger partial charge on any atom is -0.496 e. The fraction of sp³-hybridized carbons (Fsp3) is 0.333. The number of nitrogens with zero attached hydrogens (tertiary/aromatic N) is 1. The fourth-order valence-electron chi connectivity index (χ4n) is 3.50. The quantitative estimate of drug-likeness (QED) is 0.514. The van der Waals surface area contributed by atoms with Crippen molar-refractivity contribution in [2.24, 2.45) is 10.7 Å². The molecule has 4 N–H and O–H groups in total. The lowest BCUT2D eigenvalue weighted by Crippen LogP contribution is -2.37. The predicted molar refractivity (Wildman–Crippen MR) is 117 cm³/mol. The lowest BCUT2D eigenvalue weighted by Gasteiger charge is -2.16. The van der Waals surface area contributed by atoms with Gasteiger partial charge in [0.15, 0.2) is 10.8 Å². The molecule has 0 aliphatic carbocycles. The third kappa shape index (κ3) is 4.94. The number of thioether (sulfide) groups is 1. The van der Waals surface area contributed by atoms with Crippen LogP contribution >= 0.6 is 11.8 Å². The number of rotatable bonds is 6. The lowest BCUT2D eigenvalue weighted by atomic mass is 10.0. The van der Waals surface area contributed by atoms with Crippen LogP contribution in [0.15, 0.2) is 50.6 Å². The first-order valence-corrected chi connectivity index (χ1v) is 10.7. The van der Waals surface area contributed by atoms with Gasteiger partial charge < -0.3 is 20.2 Å². The van der Waals surface area contributed by atoms with E-state index in [1.165, 1.54) is 19.2 Å². The summed E-state index contributed by atoms with van der Waals surface area (Å²) in [4.78, 5) is 18.4. The van der Waals surface area contributed by atoms with E-state index in [1.807, 2.05) is 12.1 Å². The molecule has 1 aliphatic heterocycles. The number of benzene rings is 2. The molecule has 170 valence electrons. The lowest BCUT2D eigenvalue weighted by molar-refractivity contribution is -0.138. The summed E-state index contributed by atoms with van der Waals surface area (Å²) in [7, 11) is 1.21. The third-order valence-electron chi connectivity index (χ3n) is 5.06. The summed E-state index contributed by atoms with van der Waals surface area (Å²) in [6, 6.07) is 9.02. The number of hydrogen-bond donors (Lipinski definition) is 3. The van der Waals surface area contributed by atoms with E-state index in [-0.39, 0.29) is 17.0 Å². The van der Waals surface area contributed by atoms with Gasteiger partial charge in [-0.15, -0.1) is 0 Å². The highest BCUT2D eigenvalue weighted by Crippen LogP contribution is 2.37. The topological polar surface area (TPSA) is 106 Å². The average Bonchev–Trinajstić information content (AvgIpc) is 3.36. The number of methoxy groups -OCH3 is 1. The molecule has 2 heterocycles. The molecule has 0 saturated heterocycles. The molecule has 1 aliphatic rings.